The molecule has 0 aromatic rings. The largest absolute Gasteiger partial charge is 0.417 e. The lowest BCUT2D eigenvalue weighted by Crippen LogP contribution is -2.41. The molecule has 2 nitrogen and oxygen atoms in total. The fraction of sp³-hybridized carbons (Fsp3) is 1.00. The second kappa shape index (κ2) is 4.56. The zero-order valence-electron chi connectivity index (χ0n) is 11.2. The van der Waals surface area contributed by atoms with E-state index in [1.54, 1.807) is 0 Å². The summed E-state index contributed by atoms with van der Waals surface area (Å²) in [4.78, 5) is 0. The van der Waals surface area contributed by atoms with Crippen molar-refractivity contribution in [3.05, 3.63) is 0 Å². The maximum atomic E-state index is 6.14. The summed E-state index contributed by atoms with van der Waals surface area (Å²) in [5.41, 5.74) is 0. The SMILES string of the molecule is CCC1NC1CCO[Si](C)(C)C(C)(C)C. The summed E-state index contributed by atoms with van der Waals surface area (Å²) in [6.07, 6.45) is 2.44. The second-order valence-electron chi connectivity index (χ2n) is 6.19. The number of nitrogens with one attached hydrogen (secondary N) is 1. The van der Waals surface area contributed by atoms with E-state index in [1.807, 2.05) is 0 Å². The van der Waals surface area contributed by atoms with Crippen molar-refractivity contribution in [2.24, 2.45) is 0 Å². The predicted molar refractivity (Wildman–Crippen MR) is 68.8 cm³/mol. The molecule has 1 N–H and O–H groups in total. The predicted octanol–water partition coefficient (Wildman–Crippen LogP) is 3.15. The topological polar surface area (TPSA) is 31.2 Å². The fourth-order valence-corrected chi connectivity index (χ4v) is 2.63. The van der Waals surface area contributed by atoms with Gasteiger partial charge in [0.05, 0.1) is 0 Å². The first kappa shape index (κ1) is 13.2. The summed E-state index contributed by atoms with van der Waals surface area (Å²) in [5, 5.41) is 3.82. The van der Waals surface area contributed by atoms with Gasteiger partial charge in [0.25, 0.3) is 0 Å². The maximum Gasteiger partial charge on any atom is 0.191 e. The first-order valence-electron chi connectivity index (χ1n) is 6.18. The van der Waals surface area contributed by atoms with Crippen molar-refractivity contribution in [2.75, 3.05) is 6.61 Å². The van der Waals surface area contributed by atoms with Crippen molar-refractivity contribution in [3.63, 3.8) is 0 Å². The molecule has 0 aromatic heterocycles. The van der Waals surface area contributed by atoms with Crippen LogP contribution in [0.2, 0.25) is 18.1 Å². The normalized spacial score (nSPS) is 26.8. The van der Waals surface area contributed by atoms with E-state index in [0.717, 1.165) is 18.7 Å². The third-order valence-electron chi connectivity index (χ3n) is 3.94. The molecular weight excluding hydrogens is 202 g/mol. The molecule has 1 rings (SSSR count). The molecule has 0 bridgehead atoms. The lowest BCUT2D eigenvalue weighted by atomic mass is 10.2. The van der Waals surface area contributed by atoms with Crippen molar-refractivity contribution in [1.82, 2.24) is 5.32 Å². The van der Waals surface area contributed by atoms with Gasteiger partial charge in [0.2, 0.25) is 0 Å². The van der Waals surface area contributed by atoms with E-state index in [4.69, 9.17) is 4.43 Å². The number of rotatable bonds is 5. The molecule has 90 valence electrons. The van der Waals surface area contributed by atoms with Crippen LogP contribution in [0.15, 0.2) is 0 Å². The van der Waals surface area contributed by atoms with Gasteiger partial charge in [-0.05, 0) is 31.0 Å². The van der Waals surface area contributed by atoms with Crippen molar-refractivity contribution in [3.8, 4) is 0 Å². The van der Waals surface area contributed by atoms with E-state index >= 15 is 0 Å². The molecule has 1 aliphatic rings. The minimum absolute atomic E-state index is 0.341. The molecule has 1 heterocycles. The fourth-order valence-electron chi connectivity index (χ4n) is 1.56. The van der Waals surface area contributed by atoms with E-state index in [1.165, 1.54) is 12.8 Å². The van der Waals surface area contributed by atoms with Crippen LogP contribution < -0.4 is 5.32 Å². The summed E-state index contributed by atoms with van der Waals surface area (Å²) in [7, 11) is -1.50. The number of hydrogen-bond acceptors (Lipinski definition) is 2. The zero-order valence-corrected chi connectivity index (χ0v) is 12.2. The van der Waals surface area contributed by atoms with Crippen LogP contribution in [0, 0.1) is 0 Å². The molecule has 2 unspecified atom stereocenters. The van der Waals surface area contributed by atoms with Gasteiger partial charge in [-0.3, -0.25) is 0 Å². The molecule has 1 fully saturated rings. The van der Waals surface area contributed by atoms with Gasteiger partial charge >= 0.3 is 0 Å². The Hall–Kier alpha value is 0.137. The quantitative estimate of drug-likeness (QED) is 0.580. The van der Waals surface area contributed by atoms with E-state index in [-0.39, 0.29) is 0 Å². The third-order valence-corrected chi connectivity index (χ3v) is 8.48. The summed E-state index contributed by atoms with van der Waals surface area (Å²) in [5.74, 6) is 0. The molecule has 1 aliphatic heterocycles. The van der Waals surface area contributed by atoms with Crippen LogP contribution >= 0.6 is 0 Å². The first-order chi connectivity index (χ1) is 6.78. The summed E-state index contributed by atoms with van der Waals surface area (Å²) in [6.45, 7) is 14.7. The number of hydrogen-bond donors (Lipinski definition) is 1. The van der Waals surface area contributed by atoms with Gasteiger partial charge in [0, 0.05) is 18.7 Å². The van der Waals surface area contributed by atoms with Gasteiger partial charge < -0.3 is 9.74 Å². The lowest BCUT2D eigenvalue weighted by molar-refractivity contribution is 0.281. The molecule has 0 radical (unpaired) electrons. The summed E-state index contributed by atoms with van der Waals surface area (Å²) in [6, 6.07) is 1.51. The van der Waals surface area contributed by atoms with Crippen LogP contribution in [0.5, 0.6) is 0 Å². The maximum absolute atomic E-state index is 6.14. The Labute approximate surface area is 95.9 Å². The Bertz CT molecular complexity index is 210. The molecule has 3 heteroatoms. The Morgan fingerprint density at radius 1 is 1.20 bits per heavy atom. The highest BCUT2D eigenvalue weighted by Crippen LogP contribution is 2.36. The molecular formula is C12H27NOSi. The minimum Gasteiger partial charge on any atom is -0.417 e. The van der Waals surface area contributed by atoms with Crippen molar-refractivity contribution < 1.29 is 4.43 Å². The minimum atomic E-state index is -1.50. The third kappa shape index (κ3) is 3.57. The highest BCUT2D eigenvalue weighted by molar-refractivity contribution is 6.74. The van der Waals surface area contributed by atoms with Crippen LogP contribution in [0.1, 0.15) is 40.5 Å². The van der Waals surface area contributed by atoms with Crippen LogP contribution in [-0.4, -0.2) is 27.0 Å². The Balaban J connectivity index is 2.20. The summed E-state index contributed by atoms with van der Waals surface area (Å²) >= 11 is 0. The molecule has 1 saturated heterocycles. The van der Waals surface area contributed by atoms with Gasteiger partial charge in [0.1, 0.15) is 0 Å². The van der Waals surface area contributed by atoms with Gasteiger partial charge in [-0.15, -0.1) is 0 Å². The lowest BCUT2D eigenvalue weighted by Gasteiger charge is -2.36. The van der Waals surface area contributed by atoms with Crippen LogP contribution in [-0.2, 0) is 4.43 Å². The van der Waals surface area contributed by atoms with Gasteiger partial charge in [-0.1, -0.05) is 27.7 Å². The van der Waals surface area contributed by atoms with E-state index < -0.39 is 8.32 Å². The first-order valence-corrected chi connectivity index (χ1v) is 9.09. The standard InChI is InChI=1S/C12H27NOSi/c1-7-10-11(13-10)8-9-14-15(5,6)12(2,3)4/h10-11,13H,7-9H2,1-6H3. The monoisotopic (exact) mass is 229 g/mol. The van der Waals surface area contributed by atoms with Crippen molar-refractivity contribution in [1.29, 1.82) is 0 Å². The smallest absolute Gasteiger partial charge is 0.191 e. The zero-order chi connectivity index (χ0) is 11.7. The molecule has 0 saturated carbocycles. The molecule has 0 aliphatic carbocycles. The van der Waals surface area contributed by atoms with Crippen molar-refractivity contribution >= 4 is 8.32 Å². The Morgan fingerprint density at radius 2 is 1.80 bits per heavy atom. The average Bonchev–Trinajstić information content (AvgIpc) is 2.81. The second-order valence-corrected chi connectivity index (χ2v) is 11.0. The van der Waals surface area contributed by atoms with Crippen LogP contribution in [0.4, 0.5) is 0 Å². The van der Waals surface area contributed by atoms with Crippen molar-refractivity contribution in [2.45, 2.75) is 70.8 Å². The van der Waals surface area contributed by atoms with E-state index in [2.05, 4.69) is 46.1 Å². The molecule has 0 aromatic carbocycles. The van der Waals surface area contributed by atoms with Crippen LogP contribution in [0.25, 0.3) is 0 Å². The molecule has 15 heavy (non-hydrogen) atoms. The molecule has 0 spiro atoms. The highest BCUT2D eigenvalue weighted by Gasteiger charge is 2.38. The van der Waals surface area contributed by atoms with Gasteiger partial charge in [-0.2, -0.15) is 0 Å². The van der Waals surface area contributed by atoms with E-state index in [0.29, 0.717) is 5.04 Å². The average molecular weight is 229 g/mol. The Morgan fingerprint density at radius 3 is 2.20 bits per heavy atom. The van der Waals surface area contributed by atoms with Gasteiger partial charge in [0.15, 0.2) is 8.32 Å². The summed E-state index contributed by atoms with van der Waals surface area (Å²) < 4.78 is 6.14. The van der Waals surface area contributed by atoms with E-state index in [9.17, 15) is 0 Å². The van der Waals surface area contributed by atoms with Gasteiger partial charge in [-0.25, -0.2) is 0 Å². The Kier molecular flexibility index (Phi) is 4.01. The molecule has 0 amide bonds. The highest BCUT2D eigenvalue weighted by atomic mass is 28.4. The van der Waals surface area contributed by atoms with Crippen LogP contribution in [0.3, 0.4) is 0 Å². The molecule has 2 atom stereocenters.